The van der Waals surface area contributed by atoms with Crippen molar-refractivity contribution < 1.29 is 4.79 Å². The molecule has 2 rings (SSSR count). The first-order valence-electron chi connectivity index (χ1n) is 6.59. The summed E-state index contributed by atoms with van der Waals surface area (Å²) in [6.45, 7) is 3.98. The van der Waals surface area contributed by atoms with E-state index in [1.54, 1.807) is 6.07 Å². The first-order chi connectivity index (χ1) is 9.13. The van der Waals surface area contributed by atoms with Crippen molar-refractivity contribution in [2.45, 2.75) is 33.1 Å². The summed E-state index contributed by atoms with van der Waals surface area (Å²) in [6.07, 6.45) is 2.13. The Hall–Kier alpha value is -2.10. The molecule has 1 aromatic heterocycles. The van der Waals surface area contributed by atoms with Crippen LogP contribution in [-0.4, -0.2) is 10.9 Å². The Morgan fingerprint density at radius 1 is 1.26 bits per heavy atom. The second kappa shape index (κ2) is 5.69. The van der Waals surface area contributed by atoms with Gasteiger partial charge in [-0.1, -0.05) is 19.9 Å². The van der Waals surface area contributed by atoms with E-state index in [0.29, 0.717) is 6.42 Å². The SMILES string of the molecule is CCCC(=O)Nc1ccc2c(CC)cc(=O)[nH]c2c1. The van der Waals surface area contributed by atoms with E-state index in [1.165, 1.54) is 0 Å². The van der Waals surface area contributed by atoms with Crippen LogP contribution in [-0.2, 0) is 11.2 Å². The number of benzene rings is 1. The molecule has 1 amide bonds. The highest BCUT2D eigenvalue weighted by atomic mass is 16.1. The van der Waals surface area contributed by atoms with E-state index in [9.17, 15) is 9.59 Å². The van der Waals surface area contributed by atoms with Crippen LogP contribution in [0.25, 0.3) is 10.9 Å². The number of H-pyrrole nitrogens is 1. The van der Waals surface area contributed by atoms with E-state index in [2.05, 4.69) is 10.3 Å². The molecule has 0 atom stereocenters. The Bertz CT molecular complexity index is 659. The van der Waals surface area contributed by atoms with Gasteiger partial charge in [0.05, 0.1) is 5.52 Å². The van der Waals surface area contributed by atoms with Gasteiger partial charge in [-0.25, -0.2) is 0 Å². The summed E-state index contributed by atoms with van der Waals surface area (Å²) in [6, 6.07) is 7.24. The second-order valence-electron chi connectivity index (χ2n) is 4.57. The van der Waals surface area contributed by atoms with Gasteiger partial charge in [0.2, 0.25) is 11.5 Å². The van der Waals surface area contributed by atoms with Crippen LogP contribution in [0.15, 0.2) is 29.1 Å². The number of carbonyl (C=O) groups is 1. The zero-order chi connectivity index (χ0) is 13.8. The molecule has 0 radical (unpaired) electrons. The lowest BCUT2D eigenvalue weighted by Gasteiger charge is -2.08. The van der Waals surface area contributed by atoms with Gasteiger partial charge >= 0.3 is 0 Å². The Kier molecular flexibility index (Phi) is 4.00. The first-order valence-corrected chi connectivity index (χ1v) is 6.59. The number of aromatic amines is 1. The average molecular weight is 258 g/mol. The number of fused-ring (bicyclic) bond motifs is 1. The van der Waals surface area contributed by atoms with Gasteiger partial charge < -0.3 is 10.3 Å². The zero-order valence-electron chi connectivity index (χ0n) is 11.2. The summed E-state index contributed by atoms with van der Waals surface area (Å²) >= 11 is 0. The maximum Gasteiger partial charge on any atom is 0.248 e. The summed E-state index contributed by atoms with van der Waals surface area (Å²) in [4.78, 5) is 25.9. The van der Waals surface area contributed by atoms with Gasteiger partial charge in [-0.15, -0.1) is 0 Å². The minimum Gasteiger partial charge on any atom is -0.326 e. The molecule has 0 aliphatic rings. The minimum atomic E-state index is -0.110. The van der Waals surface area contributed by atoms with Gasteiger partial charge in [0.25, 0.3) is 0 Å². The Labute approximate surface area is 111 Å². The lowest BCUT2D eigenvalue weighted by atomic mass is 10.1. The van der Waals surface area contributed by atoms with Crippen LogP contribution in [0.2, 0.25) is 0 Å². The standard InChI is InChI=1S/C15H18N2O2/c1-3-5-14(18)16-11-6-7-12-10(4-2)8-15(19)17-13(12)9-11/h6-9H,3-5H2,1-2H3,(H,16,18)(H,17,19). The van der Waals surface area contributed by atoms with Crippen LogP contribution >= 0.6 is 0 Å². The highest BCUT2D eigenvalue weighted by Gasteiger charge is 2.05. The molecule has 4 heteroatoms. The number of anilines is 1. The average Bonchev–Trinajstić information content (AvgIpc) is 2.37. The third-order valence-electron chi connectivity index (χ3n) is 3.07. The van der Waals surface area contributed by atoms with Crippen molar-refractivity contribution in [1.82, 2.24) is 4.98 Å². The molecule has 0 saturated heterocycles. The molecule has 0 unspecified atom stereocenters. The largest absolute Gasteiger partial charge is 0.326 e. The first kappa shape index (κ1) is 13.3. The Morgan fingerprint density at radius 2 is 2.05 bits per heavy atom. The van der Waals surface area contributed by atoms with Gasteiger partial charge in [0, 0.05) is 23.6 Å². The number of hydrogen-bond acceptors (Lipinski definition) is 2. The maximum atomic E-state index is 11.6. The predicted octanol–water partition coefficient (Wildman–Crippen LogP) is 2.83. The summed E-state index contributed by atoms with van der Waals surface area (Å²) < 4.78 is 0. The summed E-state index contributed by atoms with van der Waals surface area (Å²) in [5.74, 6) is -0.00385. The number of aromatic nitrogens is 1. The fourth-order valence-electron chi connectivity index (χ4n) is 2.15. The van der Waals surface area contributed by atoms with Crippen LogP contribution in [0, 0.1) is 0 Å². The van der Waals surface area contributed by atoms with Gasteiger partial charge in [-0.2, -0.15) is 0 Å². The number of aryl methyl sites for hydroxylation is 1. The number of rotatable bonds is 4. The third kappa shape index (κ3) is 3.02. The van der Waals surface area contributed by atoms with Gasteiger partial charge in [0.15, 0.2) is 0 Å². The van der Waals surface area contributed by atoms with E-state index in [1.807, 2.05) is 32.0 Å². The van der Waals surface area contributed by atoms with Gasteiger partial charge in [0.1, 0.15) is 0 Å². The molecule has 2 aromatic rings. The molecular formula is C15H18N2O2. The van der Waals surface area contributed by atoms with Crippen molar-refractivity contribution in [3.8, 4) is 0 Å². The van der Waals surface area contributed by atoms with Crippen LogP contribution < -0.4 is 10.9 Å². The summed E-state index contributed by atoms with van der Waals surface area (Å²) in [5, 5.41) is 3.85. The molecular weight excluding hydrogens is 240 g/mol. The highest BCUT2D eigenvalue weighted by molar-refractivity contribution is 5.94. The van der Waals surface area contributed by atoms with Gasteiger partial charge in [-0.05, 0) is 30.5 Å². The van der Waals surface area contributed by atoms with E-state index in [-0.39, 0.29) is 11.5 Å². The molecule has 19 heavy (non-hydrogen) atoms. The van der Waals surface area contributed by atoms with Crippen LogP contribution in [0.5, 0.6) is 0 Å². The molecule has 0 aliphatic heterocycles. The van der Waals surface area contributed by atoms with Crippen molar-refractivity contribution in [3.63, 3.8) is 0 Å². The lowest BCUT2D eigenvalue weighted by molar-refractivity contribution is -0.116. The highest BCUT2D eigenvalue weighted by Crippen LogP contribution is 2.20. The van der Waals surface area contributed by atoms with Crippen molar-refractivity contribution in [3.05, 3.63) is 40.2 Å². The van der Waals surface area contributed by atoms with Crippen molar-refractivity contribution >= 4 is 22.5 Å². The van der Waals surface area contributed by atoms with E-state index < -0.39 is 0 Å². The third-order valence-corrected chi connectivity index (χ3v) is 3.07. The van der Waals surface area contributed by atoms with Crippen molar-refractivity contribution in [2.75, 3.05) is 5.32 Å². The molecule has 2 N–H and O–H groups in total. The molecule has 100 valence electrons. The molecule has 4 nitrogen and oxygen atoms in total. The molecule has 1 heterocycles. The summed E-state index contributed by atoms with van der Waals surface area (Å²) in [7, 11) is 0. The number of nitrogens with one attached hydrogen (secondary N) is 2. The quantitative estimate of drug-likeness (QED) is 0.885. The second-order valence-corrected chi connectivity index (χ2v) is 4.57. The van der Waals surface area contributed by atoms with Crippen molar-refractivity contribution in [2.24, 2.45) is 0 Å². The molecule has 0 aliphatic carbocycles. The molecule has 0 saturated carbocycles. The normalized spacial score (nSPS) is 10.6. The number of pyridine rings is 1. The van der Waals surface area contributed by atoms with Crippen LogP contribution in [0.4, 0.5) is 5.69 Å². The molecule has 0 spiro atoms. The van der Waals surface area contributed by atoms with E-state index >= 15 is 0 Å². The van der Waals surface area contributed by atoms with Crippen LogP contribution in [0.1, 0.15) is 32.3 Å². The molecule has 0 bridgehead atoms. The number of amides is 1. The summed E-state index contributed by atoms with van der Waals surface area (Å²) in [5.41, 5.74) is 2.39. The smallest absolute Gasteiger partial charge is 0.248 e. The fraction of sp³-hybridized carbons (Fsp3) is 0.333. The van der Waals surface area contributed by atoms with Crippen LogP contribution in [0.3, 0.4) is 0 Å². The minimum absolute atomic E-state index is 0.00385. The lowest BCUT2D eigenvalue weighted by Crippen LogP contribution is -2.11. The Morgan fingerprint density at radius 3 is 2.74 bits per heavy atom. The number of hydrogen-bond donors (Lipinski definition) is 2. The van der Waals surface area contributed by atoms with E-state index in [0.717, 1.165) is 35.0 Å². The van der Waals surface area contributed by atoms with Crippen molar-refractivity contribution in [1.29, 1.82) is 0 Å². The predicted molar refractivity (Wildman–Crippen MR) is 77.5 cm³/mol. The Balaban J connectivity index is 2.40. The molecule has 0 fully saturated rings. The molecule has 1 aromatic carbocycles. The monoisotopic (exact) mass is 258 g/mol. The fourth-order valence-corrected chi connectivity index (χ4v) is 2.15. The maximum absolute atomic E-state index is 11.6. The topological polar surface area (TPSA) is 62.0 Å². The zero-order valence-corrected chi connectivity index (χ0v) is 11.2. The van der Waals surface area contributed by atoms with Gasteiger partial charge in [-0.3, -0.25) is 9.59 Å². The van der Waals surface area contributed by atoms with E-state index in [4.69, 9.17) is 0 Å². The number of carbonyl (C=O) groups excluding carboxylic acids is 1.